The Balaban J connectivity index is 0.00000116. The van der Waals surface area contributed by atoms with Crippen LogP contribution in [0, 0.1) is 16.9 Å². The van der Waals surface area contributed by atoms with E-state index in [2.05, 4.69) is 0 Å². The maximum atomic E-state index is 12.0. The van der Waals surface area contributed by atoms with E-state index in [1.807, 2.05) is 31.2 Å². The summed E-state index contributed by atoms with van der Waals surface area (Å²) >= 11 is 1.32. The van der Waals surface area contributed by atoms with Gasteiger partial charge in [-0.25, -0.2) is 13.9 Å². The molecule has 9 heteroatoms. The van der Waals surface area contributed by atoms with Crippen molar-refractivity contribution in [2.45, 2.75) is 29.4 Å². The molecule has 1 aromatic rings. The molecule has 0 unspecified atom stereocenters. The van der Waals surface area contributed by atoms with E-state index in [9.17, 15) is 13.2 Å². The van der Waals surface area contributed by atoms with Gasteiger partial charge in [0.15, 0.2) is 0 Å². The van der Waals surface area contributed by atoms with E-state index in [1.165, 1.54) is 11.8 Å². The summed E-state index contributed by atoms with van der Waals surface area (Å²) in [4.78, 5) is 26.9. The molecule has 0 spiro atoms. The minimum absolute atomic E-state index is 0.0285. The second kappa shape index (κ2) is 7.70. The van der Waals surface area contributed by atoms with Gasteiger partial charge in [0.05, 0.1) is 11.5 Å². The van der Waals surface area contributed by atoms with Crippen LogP contribution in [0.15, 0.2) is 29.2 Å². The molecule has 0 bridgehead atoms. The molecule has 7 nitrogen and oxygen atoms in total. The van der Waals surface area contributed by atoms with Gasteiger partial charge < -0.3 is 0 Å². The minimum atomic E-state index is -3.07. The Morgan fingerprint density at radius 1 is 1.18 bits per heavy atom. The smallest absolute Gasteiger partial charge is 0.259 e. The van der Waals surface area contributed by atoms with Crippen LogP contribution in [0.25, 0.3) is 0 Å². The molecule has 1 aromatic carbocycles. The van der Waals surface area contributed by atoms with E-state index < -0.39 is 20.5 Å². The number of rotatable bonds is 3. The normalized spacial score (nSPS) is 18.6. The molecule has 0 aliphatic carbocycles. The Labute approximate surface area is 132 Å². The topological polar surface area (TPSA) is 118 Å². The molecular weight excluding hydrogens is 330 g/mol. The van der Waals surface area contributed by atoms with Crippen LogP contribution in [-0.2, 0) is 14.6 Å². The molecule has 22 heavy (non-hydrogen) atoms. The fourth-order valence-electron chi connectivity index (χ4n) is 2.18. The number of hydroxylamine groups is 1. The maximum Gasteiger partial charge on any atom is 0.259 e. The first-order chi connectivity index (χ1) is 10.4. The van der Waals surface area contributed by atoms with Crippen LogP contribution < -0.4 is 5.48 Å². The van der Waals surface area contributed by atoms with E-state index in [-0.39, 0.29) is 24.3 Å². The molecule has 0 atom stereocenters. The van der Waals surface area contributed by atoms with E-state index in [0.717, 1.165) is 10.5 Å². The number of aryl methyl sites for hydroxylation is 1. The number of hydrogen-bond acceptors (Lipinski definition) is 7. The van der Waals surface area contributed by atoms with Gasteiger partial charge >= 0.3 is 0 Å². The van der Waals surface area contributed by atoms with E-state index in [0.29, 0.717) is 0 Å². The van der Waals surface area contributed by atoms with Crippen LogP contribution in [-0.4, -0.2) is 35.8 Å². The molecule has 1 aliphatic rings. The van der Waals surface area contributed by atoms with Crippen LogP contribution in [0.3, 0.4) is 0 Å². The standard InChI is InChI=1S/C13H17NO4S2.O2/c1-10-2-4-11(5-3-10)19-13(12(15)14-16)6-8-20(17,18)9-7-13;1-2/h2-5,16H,6-9H2,1H3,(H,14,15);. The fraction of sp³-hybridized carbons (Fsp3) is 0.462. The highest BCUT2D eigenvalue weighted by Crippen LogP contribution is 2.41. The lowest BCUT2D eigenvalue weighted by Crippen LogP contribution is -2.48. The van der Waals surface area contributed by atoms with Crippen molar-refractivity contribution in [3.8, 4) is 0 Å². The summed E-state index contributed by atoms with van der Waals surface area (Å²) in [6, 6.07) is 7.67. The third-order valence-corrected chi connectivity index (χ3v) is 6.63. The summed E-state index contributed by atoms with van der Waals surface area (Å²) in [6.45, 7) is 1.97. The SMILES string of the molecule is Cc1ccc(SC2(C(=O)NO)CCS(=O)(=O)CC2)cc1.O=O. The highest BCUT2D eigenvalue weighted by Gasteiger charge is 2.44. The van der Waals surface area contributed by atoms with Crippen molar-refractivity contribution < 1.29 is 18.4 Å². The Morgan fingerprint density at radius 2 is 1.68 bits per heavy atom. The van der Waals surface area contributed by atoms with Gasteiger partial charge in [-0.05, 0) is 31.9 Å². The number of hydrogen-bond donors (Lipinski definition) is 2. The number of thioether (sulfide) groups is 1. The molecule has 0 saturated carbocycles. The zero-order valence-corrected chi connectivity index (χ0v) is 13.6. The Kier molecular flexibility index (Phi) is 6.51. The largest absolute Gasteiger partial charge is 0.289 e. The van der Waals surface area contributed by atoms with Gasteiger partial charge in [-0.15, -0.1) is 11.8 Å². The van der Waals surface area contributed by atoms with Gasteiger partial charge in [-0.3, -0.25) is 10.0 Å². The molecule has 1 heterocycles. The van der Waals surface area contributed by atoms with Gasteiger partial charge in [-0.2, -0.15) is 0 Å². The fourth-order valence-corrected chi connectivity index (χ4v) is 5.23. The molecule has 1 aliphatic heterocycles. The van der Waals surface area contributed by atoms with Gasteiger partial charge in [0.25, 0.3) is 5.91 Å². The average molecular weight is 347 g/mol. The predicted octanol–water partition coefficient (Wildman–Crippen LogP) is 1.61. The molecule has 2 rings (SSSR count). The highest BCUT2D eigenvalue weighted by molar-refractivity contribution is 8.01. The minimum Gasteiger partial charge on any atom is -0.289 e. The Hall–Kier alpha value is -1.45. The van der Waals surface area contributed by atoms with Crippen LogP contribution in [0.5, 0.6) is 0 Å². The van der Waals surface area contributed by atoms with Gasteiger partial charge in [0.1, 0.15) is 14.6 Å². The average Bonchev–Trinajstić information content (AvgIpc) is 2.53. The molecule has 2 N–H and O–H groups in total. The maximum absolute atomic E-state index is 12.0. The van der Waals surface area contributed by atoms with Gasteiger partial charge in [0, 0.05) is 14.8 Å². The monoisotopic (exact) mass is 347 g/mol. The third-order valence-electron chi connectivity index (χ3n) is 3.48. The number of carbonyl (C=O) groups is 1. The van der Waals surface area contributed by atoms with Crippen molar-refractivity contribution in [2.75, 3.05) is 11.5 Å². The van der Waals surface area contributed by atoms with Crippen molar-refractivity contribution >= 4 is 27.5 Å². The van der Waals surface area contributed by atoms with Crippen LogP contribution in [0.1, 0.15) is 18.4 Å². The van der Waals surface area contributed by atoms with Crippen molar-refractivity contribution in [3.63, 3.8) is 0 Å². The lowest BCUT2D eigenvalue weighted by Gasteiger charge is -2.34. The number of sulfone groups is 1. The summed E-state index contributed by atoms with van der Waals surface area (Å²) < 4.78 is 22.2. The summed E-state index contributed by atoms with van der Waals surface area (Å²) in [6.07, 6.45) is 0.417. The van der Waals surface area contributed by atoms with E-state index in [4.69, 9.17) is 15.1 Å². The second-order valence-electron chi connectivity index (χ2n) is 5.00. The molecule has 1 amide bonds. The molecule has 0 radical (unpaired) electrons. The second-order valence-corrected chi connectivity index (χ2v) is 8.76. The Bertz CT molecular complexity index is 600. The first kappa shape index (κ1) is 18.6. The van der Waals surface area contributed by atoms with Crippen molar-refractivity contribution in [1.82, 2.24) is 5.48 Å². The number of amides is 1. The van der Waals surface area contributed by atoms with Gasteiger partial charge in [0.2, 0.25) is 0 Å². The first-order valence-electron chi connectivity index (χ1n) is 6.44. The van der Waals surface area contributed by atoms with Crippen molar-refractivity contribution in [1.29, 1.82) is 0 Å². The zero-order chi connectivity index (χ0) is 16.8. The molecular formula is C13H17NO6S2. The predicted molar refractivity (Wildman–Crippen MR) is 84.3 cm³/mol. The third kappa shape index (κ3) is 4.52. The number of nitrogens with one attached hydrogen (secondary N) is 1. The highest BCUT2D eigenvalue weighted by atomic mass is 32.2. The summed E-state index contributed by atoms with van der Waals surface area (Å²) in [7, 11) is -3.07. The first-order valence-corrected chi connectivity index (χ1v) is 9.08. The summed E-state index contributed by atoms with van der Waals surface area (Å²) in [5, 5.41) is 8.94. The number of carbonyl (C=O) groups excluding carboxylic acids is 1. The Morgan fingerprint density at radius 3 is 2.14 bits per heavy atom. The molecule has 122 valence electrons. The van der Waals surface area contributed by atoms with E-state index >= 15 is 0 Å². The lowest BCUT2D eigenvalue weighted by atomic mass is 10.0. The lowest BCUT2D eigenvalue weighted by molar-refractivity contribution is -0.131. The van der Waals surface area contributed by atoms with Crippen LogP contribution in [0.4, 0.5) is 0 Å². The molecule has 1 fully saturated rings. The van der Waals surface area contributed by atoms with Crippen molar-refractivity contribution in [3.05, 3.63) is 39.8 Å². The van der Waals surface area contributed by atoms with Crippen LogP contribution >= 0.6 is 11.8 Å². The number of benzene rings is 1. The van der Waals surface area contributed by atoms with Crippen LogP contribution in [0.2, 0.25) is 0 Å². The molecule has 0 aromatic heterocycles. The van der Waals surface area contributed by atoms with Gasteiger partial charge in [-0.1, -0.05) is 17.7 Å². The molecule has 1 saturated heterocycles. The summed E-state index contributed by atoms with van der Waals surface area (Å²) in [5.74, 6) is -0.587. The quantitative estimate of drug-likeness (QED) is 0.630. The zero-order valence-electron chi connectivity index (χ0n) is 11.9. The van der Waals surface area contributed by atoms with Crippen molar-refractivity contribution in [2.24, 2.45) is 0 Å². The summed E-state index contributed by atoms with van der Waals surface area (Å²) in [5.41, 5.74) is 2.79. The van der Waals surface area contributed by atoms with E-state index in [1.54, 1.807) is 5.48 Å².